The molecular weight excluding hydrogens is 388 g/mol. The molecule has 0 saturated heterocycles. The second-order valence-electron chi connectivity index (χ2n) is 5.90. The predicted octanol–water partition coefficient (Wildman–Crippen LogP) is 0.951. The van der Waals surface area contributed by atoms with E-state index in [4.69, 9.17) is 19.3 Å². The minimum atomic E-state index is -3.95. The third-order valence-electron chi connectivity index (χ3n) is 3.96. The highest BCUT2D eigenvalue weighted by atomic mass is 32.2. The molecule has 10 heteroatoms. The molecule has 4 N–H and O–H groups in total. The van der Waals surface area contributed by atoms with E-state index in [1.165, 1.54) is 55.2 Å². The van der Waals surface area contributed by atoms with Gasteiger partial charge in [-0.2, -0.15) is 0 Å². The van der Waals surface area contributed by atoms with Gasteiger partial charge in [-0.1, -0.05) is 0 Å². The Hall–Kier alpha value is -3.08. The van der Waals surface area contributed by atoms with Crippen molar-refractivity contribution in [2.24, 2.45) is 5.73 Å². The van der Waals surface area contributed by atoms with Gasteiger partial charge in [0.05, 0.1) is 30.2 Å². The first-order valence-corrected chi connectivity index (χ1v) is 9.59. The fourth-order valence-corrected chi connectivity index (χ4v) is 3.56. The van der Waals surface area contributed by atoms with E-state index in [1.807, 2.05) is 0 Å². The molecule has 0 aliphatic carbocycles. The van der Waals surface area contributed by atoms with Crippen molar-refractivity contribution >= 4 is 15.9 Å². The fraction of sp³-hybridized carbons (Fsp3) is 0.167. The Morgan fingerprint density at radius 3 is 2.50 bits per heavy atom. The van der Waals surface area contributed by atoms with Crippen LogP contribution in [0.5, 0.6) is 5.75 Å². The minimum Gasteiger partial charge on any atom is -0.484 e. The van der Waals surface area contributed by atoms with Crippen molar-refractivity contribution in [1.29, 1.82) is 0 Å². The standard InChI is InChI=1S/C18H18N2O7S/c19-17(21)11-27-14-3-5-15(6-4-14)28(23,24)20-12-18(22,13-7-9-25-10-13)16-2-1-8-26-16/h1-10,20,22H,11-12H2,(H2,19,21). The van der Waals surface area contributed by atoms with Crippen molar-refractivity contribution in [2.45, 2.75) is 10.5 Å². The molecule has 0 aliphatic heterocycles. The molecule has 1 amide bonds. The van der Waals surface area contributed by atoms with Crippen molar-refractivity contribution < 1.29 is 31.9 Å². The molecule has 1 aromatic carbocycles. The van der Waals surface area contributed by atoms with Crippen molar-refractivity contribution in [2.75, 3.05) is 13.2 Å². The average molecular weight is 406 g/mol. The van der Waals surface area contributed by atoms with Gasteiger partial charge in [-0.15, -0.1) is 0 Å². The molecule has 1 unspecified atom stereocenters. The van der Waals surface area contributed by atoms with Crippen LogP contribution in [0.4, 0.5) is 0 Å². The summed E-state index contributed by atoms with van der Waals surface area (Å²) in [7, 11) is -3.95. The zero-order chi connectivity index (χ0) is 20.2. The van der Waals surface area contributed by atoms with Gasteiger partial charge in [0.2, 0.25) is 10.0 Å². The van der Waals surface area contributed by atoms with Gasteiger partial charge in [0.25, 0.3) is 5.91 Å². The van der Waals surface area contributed by atoms with Crippen LogP contribution in [0, 0.1) is 0 Å². The minimum absolute atomic E-state index is 0.0482. The second-order valence-corrected chi connectivity index (χ2v) is 7.67. The summed E-state index contributed by atoms with van der Waals surface area (Å²) in [6.07, 6.45) is 4.05. The van der Waals surface area contributed by atoms with Crippen LogP contribution < -0.4 is 15.2 Å². The lowest BCUT2D eigenvalue weighted by Gasteiger charge is -2.25. The Morgan fingerprint density at radius 2 is 1.93 bits per heavy atom. The molecule has 0 aliphatic rings. The molecule has 2 aromatic heterocycles. The summed E-state index contributed by atoms with van der Waals surface area (Å²) in [5.74, 6) is -0.190. The van der Waals surface area contributed by atoms with Crippen LogP contribution in [0.1, 0.15) is 11.3 Å². The number of carbonyl (C=O) groups excluding carboxylic acids is 1. The van der Waals surface area contributed by atoms with Crippen LogP contribution in [0.15, 0.2) is 75.0 Å². The molecule has 3 aromatic rings. The van der Waals surface area contributed by atoms with Crippen LogP contribution >= 0.6 is 0 Å². The van der Waals surface area contributed by atoms with Gasteiger partial charge in [-0.05, 0) is 42.5 Å². The van der Waals surface area contributed by atoms with E-state index in [9.17, 15) is 18.3 Å². The van der Waals surface area contributed by atoms with Crippen molar-refractivity contribution in [1.82, 2.24) is 4.72 Å². The van der Waals surface area contributed by atoms with Gasteiger partial charge < -0.3 is 24.4 Å². The number of nitrogens with two attached hydrogens (primary N) is 1. The summed E-state index contributed by atoms with van der Waals surface area (Å²) in [5.41, 5.74) is 3.57. The summed E-state index contributed by atoms with van der Waals surface area (Å²) in [6.45, 7) is -0.701. The first kappa shape index (κ1) is 19.7. The lowest BCUT2D eigenvalue weighted by Crippen LogP contribution is -2.41. The van der Waals surface area contributed by atoms with Crippen LogP contribution in [0.25, 0.3) is 0 Å². The molecule has 28 heavy (non-hydrogen) atoms. The molecule has 9 nitrogen and oxygen atoms in total. The SMILES string of the molecule is NC(=O)COc1ccc(S(=O)(=O)NCC(O)(c2ccoc2)c2ccco2)cc1. The third-order valence-corrected chi connectivity index (χ3v) is 5.38. The van der Waals surface area contributed by atoms with E-state index in [1.54, 1.807) is 6.07 Å². The Morgan fingerprint density at radius 1 is 1.18 bits per heavy atom. The highest BCUT2D eigenvalue weighted by Crippen LogP contribution is 2.30. The Kier molecular flexibility index (Phi) is 5.54. The maximum absolute atomic E-state index is 12.6. The number of nitrogens with one attached hydrogen (secondary N) is 1. The number of primary amides is 1. The van der Waals surface area contributed by atoms with E-state index >= 15 is 0 Å². The number of furan rings is 2. The Labute approximate surface area is 160 Å². The quantitative estimate of drug-likeness (QED) is 0.480. The third kappa shape index (κ3) is 4.25. The summed E-state index contributed by atoms with van der Waals surface area (Å²) in [4.78, 5) is 10.7. The maximum atomic E-state index is 12.6. The van der Waals surface area contributed by atoms with Crippen LogP contribution in [-0.4, -0.2) is 32.6 Å². The van der Waals surface area contributed by atoms with Crippen molar-refractivity contribution in [3.05, 3.63) is 72.6 Å². The van der Waals surface area contributed by atoms with Gasteiger partial charge in [-0.3, -0.25) is 4.79 Å². The van der Waals surface area contributed by atoms with E-state index < -0.39 is 21.5 Å². The summed E-state index contributed by atoms with van der Waals surface area (Å²) < 4.78 is 42.9. The first-order valence-electron chi connectivity index (χ1n) is 8.11. The molecule has 0 saturated carbocycles. The lowest BCUT2D eigenvalue weighted by molar-refractivity contribution is -0.119. The lowest BCUT2D eigenvalue weighted by atomic mass is 9.94. The normalized spacial score (nSPS) is 13.8. The van der Waals surface area contributed by atoms with Crippen LogP contribution in [0.2, 0.25) is 0 Å². The number of hydrogen-bond acceptors (Lipinski definition) is 7. The van der Waals surface area contributed by atoms with Gasteiger partial charge >= 0.3 is 0 Å². The van der Waals surface area contributed by atoms with Gasteiger partial charge in [0.15, 0.2) is 12.2 Å². The summed E-state index contributed by atoms with van der Waals surface area (Å²) in [5, 5.41) is 11.1. The highest BCUT2D eigenvalue weighted by Gasteiger charge is 2.37. The highest BCUT2D eigenvalue weighted by molar-refractivity contribution is 7.89. The molecule has 1 atom stereocenters. The van der Waals surface area contributed by atoms with Gasteiger partial charge in [-0.25, -0.2) is 13.1 Å². The molecule has 2 heterocycles. The molecule has 3 rings (SSSR count). The smallest absolute Gasteiger partial charge is 0.255 e. The van der Waals surface area contributed by atoms with E-state index in [0.717, 1.165) is 0 Å². The monoisotopic (exact) mass is 406 g/mol. The fourth-order valence-electron chi connectivity index (χ4n) is 2.50. The van der Waals surface area contributed by atoms with Crippen LogP contribution in [-0.2, 0) is 20.4 Å². The van der Waals surface area contributed by atoms with Crippen molar-refractivity contribution in [3.63, 3.8) is 0 Å². The Bertz CT molecular complexity index is 976. The second kappa shape index (κ2) is 7.89. The summed E-state index contributed by atoms with van der Waals surface area (Å²) in [6, 6.07) is 10.0. The van der Waals surface area contributed by atoms with E-state index in [2.05, 4.69) is 4.72 Å². The number of hydrogen-bond donors (Lipinski definition) is 3. The summed E-state index contributed by atoms with van der Waals surface area (Å²) >= 11 is 0. The largest absolute Gasteiger partial charge is 0.484 e. The molecule has 148 valence electrons. The van der Waals surface area contributed by atoms with Crippen molar-refractivity contribution in [3.8, 4) is 5.75 Å². The number of amides is 1. The van der Waals surface area contributed by atoms with Gasteiger partial charge in [0, 0.05) is 5.56 Å². The predicted molar refractivity (Wildman–Crippen MR) is 96.7 cm³/mol. The average Bonchev–Trinajstić information content (AvgIpc) is 3.39. The number of aliphatic hydroxyl groups is 1. The number of rotatable bonds is 9. The van der Waals surface area contributed by atoms with Crippen LogP contribution in [0.3, 0.4) is 0 Å². The molecular formula is C18H18N2O7S. The molecule has 0 fully saturated rings. The molecule has 0 bridgehead atoms. The van der Waals surface area contributed by atoms with E-state index in [0.29, 0.717) is 11.3 Å². The topological polar surface area (TPSA) is 145 Å². The van der Waals surface area contributed by atoms with Gasteiger partial charge in [0.1, 0.15) is 11.5 Å². The zero-order valence-corrected chi connectivity index (χ0v) is 15.4. The first-order chi connectivity index (χ1) is 13.3. The number of sulfonamides is 1. The zero-order valence-electron chi connectivity index (χ0n) is 14.6. The number of benzene rings is 1. The van der Waals surface area contributed by atoms with E-state index in [-0.39, 0.29) is 23.8 Å². The molecule has 0 spiro atoms. The Balaban J connectivity index is 1.77. The maximum Gasteiger partial charge on any atom is 0.255 e. The number of carbonyl (C=O) groups is 1. The molecule has 0 radical (unpaired) electrons. The number of ether oxygens (including phenoxy) is 1.